The fourth-order valence-corrected chi connectivity index (χ4v) is 1.90. The number of hydrogen-bond acceptors (Lipinski definition) is 1. The molecule has 1 heterocycles. The second-order valence-electron chi connectivity index (χ2n) is 3.82. The highest BCUT2D eigenvalue weighted by atomic mass is 35.5. The van der Waals surface area contributed by atoms with Crippen molar-refractivity contribution >= 4 is 17.5 Å². The van der Waals surface area contributed by atoms with E-state index in [9.17, 15) is 9.18 Å². The standard InChI is InChI=1S/C10H17ClFNO/c1-2-9(11)10(14)13-5-3-4-8(6-12)7-13/h8-9H,2-7H2,1H3/t8-,9+/m0/s1. The van der Waals surface area contributed by atoms with E-state index in [1.54, 1.807) is 4.90 Å². The Labute approximate surface area is 89.4 Å². The molecule has 1 saturated heterocycles. The Balaban J connectivity index is 2.47. The topological polar surface area (TPSA) is 20.3 Å². The molecule has 0 unspecified atom stereocenters. The molecule has 0 spiro atoms. The molecule has 1 rings (SSSR count). The Bertz CT molecular complexity index is 201. The van der Waals surface area contributed by atoms with E-state index in [0.717, 1.165) is 19.4 Å². The van der Waals surface area contributed by atoms with Crippen LogP contribution in [0.4, 0.5) is 4.39 Å². The smallest absolute Gasteiger partial charge is 0.240 e. The molecule has 1 aliphatic rings. The molecule has 2 nitrogen and oxygen atoms in total. The zero-order valence-corrected chi connectivity index (χ0v) is 9.26. The molecular weight excluding hydrogens is 205 g/mol. The quantitative estimate of drug-likeness (QED) is 0.670. The van der Waals surface area contributed by atoms with E-state index in [2.05, 4.69) is 0 Å². The van der Waals surface area contributed by atoms with Crippen LogP contribution in [0, 0.1) is 5.92 Å². The van der Waals surface area contributed by atoms with Gasteiger partial charge < -0.3 is 4.90 Å². The molecule has 0 saturated carbocycles. The molecule has 0 bridgehead atoms. The summed E-state index contributed by atoms with van der Waals surface area (Å²) in [7, 11) is 0. The number of piperidine rings is 1. The molecule has 0 N–H and O–H groups in total. The van der Waals surface area contributed by atoms with Gasteiger partial charge in [0, 0.05) is 19.0 Å². The minimum atomic E-state index is -0.437. The predicted octanol–water partition coefficient (Wildman–Crippen LogP) is 2.21. The fraction of sp³-hybridized carbons (Fsp3) is 0.900. The van der Waals surface area contributed by atoms with Crippen LogP contribution in [0.1, 0.15) is 26.2 Å². The highest BCUT2D eigenvalue weighted by Gasteiger charge is 2.26. The van der Waals surface area contributed by atoms with Crippen molar-refractivity contribution in [2.45, 2.75) is 31.6 Å². The molecule has 1 amide bonds. The van der Waals surface area contributed by atoms with Crippen LogP contribution < -0.4 is 0 Å². The Kier molecular flexibility index (Phi) is 4.66. The highest BCUT2D eigenvalue weighted by Crippen LogP contribution is 2.19. The third kappa shape index (κ3) is 2.84. The first kappa shape index (κ1) is 11.8. The van der Waals surface area contributed by atoms with Gasteiger partial charge in [-0.15, -0.1) is 11.6 Å². The van der Waals surface area contributed by atoms with Crippen molar-refractivity contribution in [2.75, 3.05) is 19.8 Å². The van der Waals surface area contributed by atoms with E-state index in [-0.39, 0.29) is 18.5 Å². The van der Waals surface area contributed by atoms with Crippen LogP contribution >= 0.6 is 11.6 Å². The van der Waals surface area contributed by atoms with Crippen molar-refractivity contribution in [1.82, 2.24) is 4.90 Å². The number of nitrogens with zero attached hydrogens (tertiary/aromatic N) is 1. The fourth-order valence-electron chi connectivity index (χ4n) is 1.76. The average Bonchev–Trinajstić information content (AvgIpc) is 2.27. The third-order valence-electron chi connectivity index (χ3n) is 2.68. The maximum atomic E-state index is 12.4. The van der Waals surface area contributed by atoms with Crippen molar-refractivity contribution in [3.05, 3.63) is 0 Å². The lowest BCUT2D eigenvalue weighted by atomic mass is 9.99. The summed E-state index contributed by atoms with van der Waals surface area (Å²) in [6.07, 6.45) is 2.42. The second-order valence-corrected chi connectivity index (χ2v) is 4.35. The lowest BCUT2D eigenvalue weighted by Gasteiger charge is -2.32. The van der Waals surface area contributed by atoms with Crippen molar-refractivity contribution in [1.29, 1.82) is 0 Å². The zero-order chi connectivity index (χ0) is 10.6. The van der Waals surface area contributed by atoms with Gasteiger partial charge in [0.05, 0.1) is 6.67 Å². The van der Waals surface area contributed by atoms with Crippen molar-refractivity contribution in [3.63, 3.8) is 0 Å². The molecule has 2 atom stereocenters. The molecule has 0 radical (unpaired) electrons. The number of amides is 1. The van der Waals surface area contributed by atoms with Gasteiger partial charge >= 0.3 is 0 Å². The summed E-state index contributed by atoms with van der Waals surface area (Å²) in [5.41, 5.74) is 0. The molecule has 0 aromatic heterocycles. The summed E-state index contributed by atoms with van der Waals surface area (Å²) in [4.78, 5) is 13.4. The zero-order valence-electron chi connectivity index (χ0n) is 8.51. The summed E-state index contributed by atoms with van der Waals surface area (Å²) >= 11 is 5.86. The second kappa shape index (κ2) is 5.54. The van der Waals surface area contributed by atoms with E-state index >= 15 is 0 Å². The van der Waals surface area contributed by atoms with Crippen molar-refractivity contribution in [2.24, 2.45) is 5.92 Å². The van der Waals surface area contributed by atoms with Gasteiger partial charge in [-0.3, -0.25) is 9.18 Å². The Morgan fingerprint density at radius 3 is 3.00 bits per heavy atom. The first-order valence-electron chi connectivity index (χ1n) is 5.17. The molecule has 0 aromatic rings. The minimum Gasteiger partial charge on any atom is -0.341 e. The normalized spacial score (nSPS) is 24.8. The van der Waals surface area contributed by atoms with Crippen LogP contribution in [0.2, 0.25) is 0 Å². The van der Waals surface area contributed by atoms with Gasteiger partial charge in [-0.05, 0) is 19.3 Å². The maximum Gasteiger partial charge on any atom is 0.240 e. The van der Waals surface area contributed by atoms with E-state index in [1.165, 1.54) is 0 Å². The maximum absolute atomic E-state index is 12.4. The monoisotopic (exact) mass is 221 g/mol. The first-order chi connectivity index (χ1) is 6.69. The van der Waals surface area contributed by atoms with Gasteiger partial charge in [-0.25, -0.2) is 0 Å². The van der Waals surface area contributed by atoms with Crippen molar-refractivity contribution < 1.29 is 9.18 Å². The van der Waals surface area contributed by atoms with Gasteiger partial charge in [0.25, 0.3) is 0 Å². The van der Waals surface area contributed by atoms with Crippen LogP contribution in [-0.4, -0.2) is 35.9 Å². The van der Waals surface area contributed by atoms with E-state index < -0.39 is 5.38 Å². The van der Waals surface area contributed by atoms with Crippen LogP contribution in [0.5, 0.6) is 0 Å². The number of carbonyl (C=O) groups excluding carboxylic acids is 1. The Morgan fingerprint density at radius 1 is 1.71 bits per heavy atom. The van der Waals surface area contributed by atoms with Crippen LogP contribution in [0.25, 0.3) is 0 Å². The molecule has 0 aromatic carbocycles. The Hall–Kier alpha value is -0.310. The van der Waals surface area contributed by atoms with Gasteiger partial charge in [-0.2, -0.15) is 0 Å². The number of rotatable bonds is 3. The summed E-state index contributed by atoms with van der Waals surface area (Å²) in [6, 6.07) is 0. The van der Waals surface area contributed by atoms with Crippen LogP contribution in [0.3, 0.4) is 0 Å². The van der Waals surface area contributed by atoms with Crippen molar-refractivity contribution in [3.8, 4) is 0 Å². The molecule has 4 heteroatoms. The third-order valence-corrected chi connectivity index (χ3v) is 3.17. The van der Waals surface area contributed by atoms with Crippen LogP contribution in [-0.2, 0) is 4.79 Å². The number of hydrogen-bond donors (Lipinski definition) is 0. The SMILES string of the molecule is CC[C@@H](Cl)C(=O)N1CCC[C@@H](CF)C1. The summed E-state index contributed by atoms with van der Waals surface area (Å²) in [5.74, 6) is -0.0132. The summed E-state index contributed by atoms with van der Waals surface area (Å²) < 4.78 is 12.4. The number of carbonyl (C=O) groups is 1. The molecular formula is C10H17ClFNO. The number of likely N-dealkylation sites (tertiary alicyclic amines) is 1. The lowest BCUT2D eigenvalue weighted by Crippen LogP contribution is -2.43. The highest BCUT2D eigenvalue weighted by molar-refractivity contribution is 6.30. The molecule has 82 valence electrons. The summed E-state index contributed by atoms with van der Waals surface area (Å²) in [6.45, 7) is 2.83. The molecule has 1 aliphatic heterocycles. The molecule has 1 fully saturated rings. The predicted molar refractivity (Wildman–Crippen MR) is 55.2 cm³/mol. The number of halogens is 2. The average molecular weight is 222 g/mol. The van der Waals surface area contributed by atoms with Gasteiger partial charge in [0.2, 0.25) is 5.91 Å². The van der Waals surface area contributed by atoms with E-state index in [0.29, 0.717) is 13.0 Å². The lowest BCUT2D eigenvalue weighted by molar-refractivity contribution is -0.132. The van der Waals surface area contributed by atoms with Crippen LogP contribution in [0.15, 0.2) is 0 Å². The van der Waals surface area contributed by atoms with Gasteiger partial charge in [-0.1, -0.05) is 6.92 Å². The molecule has 0 aliphatic carbocycles. The summed E-state index contributed by atoms with van der Waals surface area (Å²) in [5, 5.41) is -0.437. The first-order valence-corrected chi connectivity index (χ1v) is 5.61. The minimum absolute atomic E-state index is 0.0217. The Morgan fingerprint density at radius 2 is 2.43 bits per heavy atom. The molecule has 14 heavy (non-hydrogen) atoms. The van der Waals surface area contributed by atoms with E-state index in [1.807, 2.05) is 6.92 Å². The largest absolute Gasteiger partial charge is 0.341 e. The van der Waals surface area contributed by atoms with Gasteiger partial charge in [0.15, 0.2) is 0 Å². The number of alkyl halides is 2. The van der Waals surface area contributed by atoms with Gasteiger partial charge in [0.1, 0.15) is 5.38 Å². The van der Waals surface area contributed by atoms with E-state index in [4.69, 9.17) is 11.6 Å².